The topological polar surface area (TPSA) is 80.5 Å². The highest BCUT2D eigenvalue weighted by Crippen LogP contribution is 2.12. The normalized spacial score (nSPS) is 17.9. The number of aromatic nitrogens is 2. The summed E-state index contributed by atoms with van der Waals surface area (Å²) >= 11 is 0. The zero-order valence-electron chi connectivity index (χ0n) is 12.1. The molecule has 1 amide bonds. The van der Waals surface area contributed by atoms with E-state index in [9.17, 15) is 4.79 Å². The van der Waals surface area contributed by atoms with Crippen molar-refractivity contribution in [3.8, 4) is 0 Å². The van der Waals surface area contributed by atoms with Crippen LogP contribution in [0.4, 0.5) is 0 Å². The van der Waals surface area contributed by atoms with Crippen LogP contribution in [0, 0.1) is 0 Å². The first kappa shape index (κ1) is 14.9. The summed E-state index contributed by atoms with van der Waals surface area (Å²) in [6, 6.07) is -0.114. The van der Waals surface area contributed by atoms with Crippen LogP contribution in [0.1, 0.15) is 37.9 Å². The number of hydrogen-bond acceptors (Lipinski definition) is 6. The monoisotopic (exact) mass is 282 g/mol. The van der Waals surface area contributed by atoms with Gasteiger partial charge in [-0.05, 0) is 32.9 Å². The highest BCUT2D eigenvalue weighted by molar-refractivity contribution is 5.81. The number of rotatable bonds is 6. The lowest BCUT2D eigenvalue weighted by Crippen LogP contribution is -2.46. The fraction of sp³-hybridized carbons (Fsp3) is 0.769. The van der Waals surface area contributed by atoms with E-state index >= 15 is 0 Å². The molecule has 0 saturated carbocycles. The first-order valence-corrected chi connectivity index (χ1v) is 7.03. The molecular weight excluding hydrogens is 260 g/mol. The van der Waals surface area contributed by atoms with Crippen LogP contribution in [-0.4, -0.2) is 47.2 Å². The van der Waals surface area contributed by atoms with Gasteiger partial charge < -0.3 is 14.6 Å². The Morgan fingerprint density at radius 2 is 2.20 bits per heavy atom. The molecule has 0 aliphatic carbocycles. The van der Waals surface area contributed by atoms with Crippen molar-refractivity contribution in [3.63, 3.8) is 0 Å². The molecule has 1 aliphatic rings. The van der Waals surface area contributed by atoms with Crippen molar-refractivity contribution in [2.45, 2.75) is 45.4 Å². The number of nitrogens with zero attached hydrogens (tertiary/aromatic N) is 3. The van der Waals surface area contributed by atoms with Gasteiger partial charge in [0.05, 0.1) is 12.6 Å². The highest BCUT2D eigenvalue weighted by Gasteiger charge is 2.22. The third-order valence-electron chi connectivity index (χ3n) is 3.52. The van der Waals surface area contributed by atoms with Crippen LogP contribution in [0.3, 0.4) is 0 Å². The molecule has 7 heteroatoms. The Balaban J connectivity index is 1.78. The first-order chi connectivity index (χ1) is 9.70. The van der Waals surface area contributed by atoms with Gasteiger partial charge in [0.25, 0.3) is 0 Å². The van der Waals surface area contributed by atoms with E-state index in [1.54, 1.807) is 7.11 Å². The van der Waals surface area contributed by atoms with E-state index in [0.717, 1.165) is 13.1 Å². The summed E-state index contributed by atoms with van der Waals surface area (Å²) in [6.07, 6.45) is 3.60. The van der Waals surface area contributed by atoms with Gasteiger partial charge in [-0.1, -0.05) is 11.6 Å². The summed E-state index contributed by atoms with van der Waals surface area (Å²) in [6.45, 7) is 4.49. The van der Waals surface area contributed by atoms with E-state index in [1.165, 1.54) is 19.3 Å². The van der Waals surface area contributed by atoms with Gasteiger partial charge in [0, 0.05) is 7.11 Å². The number of methoxy groups -OCH3 is 1. The molecule has 1 atom stereocenters. The highest BCUT2D eigenvalue weighted by atomic mass is 16.5. The van der Waals surface area contributed by atoms with E-state index in [0.29, 0.717) is 18.3 Å². The molecule has 1 aromatic rings. The molecule has 20 heavy (non-hydrogen) atoms. The Kier molecular flexibility index (Phi) is 5.49. The summed E-state index contributed by atoms with van der Waals surface area (Å²) in [5.41, 5.74) is 0. The van der Waals surface area contributed by atoms with E-state index in [2.05, 4.69) is 20.4 Å². The van der Waals surface area contributed by atoms with Crippen LogP contribution in [-0.2, 0) is 22.7 Å². The van der Waals surface area contributed by atoms with Gasteiger partial charge >= 0.3 is 0 Å². The average molecular weight is 282 g/mol. The van der Waals surface area contributed by atoms with Crippen LogP contribution in [0.5, 0.6) is 0 Å². The molecule has 7 nitrogen and oxygen atoms in total. The lowest BCUT2D eigenvalue weighted by atomic mass is 10.1. The van der Waals surface area contributed by atoms with Crippen LogP contribution >= 0.6 is 0 Å². The lowest BCUT2D eigenvalue weighted by molar-refractivity contribution is -0.126. The molecule has 1 fully saturated rings. The fourth-order valence-electron chi connectivity index (χ4n) is 2.33. The zero-order chi connectivity index (χ0) is 14.4. The third-order valence-corrected chi connectivity index (χ3v) is 3.52. The summed E-state index contributed by atoms with van der Waals surface area (Å²) in [4.78, 5) is 18.4. The maximum absolute atomic E-state index is 12.1. The largest absolute Gasteiger partial charge is 0.377 e. The second kappa shape index (κ2) is 7.35. The maximum atomic E-state index is 12.1. The number of amides is 1. The molecule has 1 aromatic heterocycles. The molecule has 0 unspecified atom stereocenters. The fourth-order valence-corrected chi connectivity index (χ4v) is 2.33. The Bertz CT molecular complexity index is 429. The van der Waals surface area contributed by atoms with Gasteiger partial charge in [0.2, 0.25) is 11.8 Å². The van der Waals surface area contributed by atoms with E-state index < -0.39 is 0 Å². The second-order valence-corrected chi connectivity index (χ2v) is 5.03. The molecule has 0 spiro atoms. The smallest absolute Gasteiger partial charge is 0.246 e. The average Bonchev–Trinajstić information content (AvgIpc) is 2.93. The van der Waals surface area contributed by atoms with Gasteiger partial charge in [-0.3, -0.25) is 9.69 Å². The number of likely N-dealkylation sites (tertiary alicyclic amines) is 1. The van der Waals surface area contributed by atoms with Gasteiger partial charge in [-0.25, -0.2) is 0 Å². The molecule has 0 bridgehead atoms. The maximum Gasteiger partial charge on any atom is 0.246 e. The Morgan fingerprint density at radius 3 is 2.90 bits per heavy atom. The van der Waals surface area contributed by atoms with E-state index in [-0.39, 0.29) is 18.5 Å². The van der Waals surface area contributed by atoms with Crippen molar-refractivity contribution in [2.75, 3.05) is 20.2 Å². The third kappa shape index (κ3) is 4.01. The van der Waals surface area contributed by atoms with Crippen molar-refractivity contribution >= 4 is 5.91 Å². The molecule has 1 saturated heterocycles. The number of ether oxygens (including phenoxy) is 1. The van der Waals surface area contributed by atoms with E-state index in [4.69, 9.17) is 9.26 Å². The van der Waals surface area contributed by atoms with Crippen molar-refractivity contribution in [2.24, 2.45) is 0 Å². The quantitative estimate of drug-likeness (QED) is 0.827. The molecular formula is C13H22N4O3. The summed E-state index contributed by atoms with van der Waals surface area (Å²) < 4.78 is 9.93. The molecule has 112 valence electrons. The van der Waals surface area contributed by atoms with Crippen molar-refractivity contribution in [1.29, 1.82) is 0 Å². The first-order valence-electron chi connectivity index (χ1n) is 7.03. The van der Waals surface area contributed by atoms with Gasteiger partial charge in [-0.2, -0.15) is 4.98 Å². The summed E-state index contributed by atoms with van der Waals surface area (Å²) in [5, 5.41) is 6.58. The minimum atomic E-state index is -0.114. The predicted octanol–water partition coefficient (Wildman–Crippen LogP) is 0.707. The van der Waals surface area contributed by atoms with Crippen LogP contribution < -0.4 is 5.32 Å². The number of carbonyl (C=O) groups excluding carboxylic acids is 1. The Labute approximate surface area is 118 Å². The summed E-state index contributed by atoms with van der Waals surface area (Å²) in [5.74, 6) is 0.885. The Hall–Kier alpha value is -1.47. The van der Waals surface area contributed by atoms with E-state index in [1.807, 2.05) is 6.92 Å². The van der Waals surface area contributed by atoms with Crippen molar-refractivity contribution in [1.82, 2.24) is 20.4 Å². The second-order valence-electron chi connectivity index (χ2n) is 5.03. The minimum Gasteiger partial charge on any atom is -0.377 e. The molecule has 0 aromatic carbocycles. The van der Waals surface area contributed by atoms with Gasteiger partial charge in [0.15, 0.2) is 5.82 Å². The molecule has 0 radical (unpaired) electrons. The standard InChI is InChI=1S/C13H22N4O3/c1-10(17-6-4-3-5-7-17)13(18)14-8-12-15-11(9-19-2)16-20-12/h10H,3-9H2,1-2H3,(H,14,18)/t10-/m1/s1. The molecule has 2 rings (SSSR count). The molecule has 1 aliphatic heterocycles. The number of nitrogens with one attached hydrogen (secondary N) is 1. The van der Waals surface area contributed by atoms with Crippen LogP contribution in [0.15, 0.2) is 4.52 Å². The van der Waals surface area contributed by atoms with Crippen LogP contribution in [0.25, 0.3) is 0 Å². The lowest BCUT2D eigenvalue weighted by Gasteiger charge is -2.31. The molecule has 2 heterocycles. The van der Waals surface area contributed by atoms with Gasteiger partial charge in [-0.15, -0.1) is 0 Å². The molecule has 1 N–H and O–H groups in total. The number of piperidine rings is 1. The van der Waals surface area contributed by atoms with Gasteiger partial charge in [0.1, 0.15) is 6.61 Å². The van der Waals surface area contributed by atoms with Crippen molar-refractivity contribution < 1.29 is 14.1 Å². The van der Waals surface area contributed by atoms with Crippen molar-refractivity contribution in [3.05, 3.63) is 11.7 Å². The number of carbonyl (C=O) groups is 1. The van der Waals surface area contributed by atoms with Crippen LogP contribution in [0.2, 0.25) is 0 Å². The Morgan fingerprint density at radius 1 is 1.45 bits per heavy atom. The summed E-state index contributed by atoms with van der Waals surface area (Å²) in [7, 11) is 1.57. The zero-order valence-corrected chi connectivity index (χ0v) is 12.1. The number of hydrogen-bond donors (Lipinski definition) is 1. The predicted molar refractivity (Wildman–Crippen MR) is 71.7 cm³/mol. The minimum absolute atomic E-state index is 0.00149. The SMILES string of the molecule is COCc1noc(CNC(=O)[C@@H](C)N2CCCCC2)n1.